The van der Waals surface area contributed by atoms with Crippen LogP contribution in [0, 0.1) is 46.3 Å². The van der Waals surface area contributed by atoms with Crippen LogP contribution in [-0.4, -0.2) is 11.2 Å². The maximum absolute atomic E-state index is 10.2. The number of fused-ring (bicyclic) bond motifs is 5. The summed E-state index contributed by atoms with van der Waals surface area (Å²) in [7, 11) is 0. The zero-order valence-corrected chi connectivity index (χ0v) is 19.1. The molecule has 8 atom stereocenters. The molecule has 0 aliphatic heterocycles. The van der Waals surface area contributed by atoms with Crippen LogP contribution in [0.3, 0.4) is 0 Å². The lowest BCUT2D eigenvalue weighted by molar-refractivity contribution is -0.0414. The van der Waals surface area contributed by atoms with E-state index in [1.165, 1.54) is 44.9 Å². The van der Waals surface area contributed by atoms with Crippen molar-refractivity contribution in [1.29, 1.82) is 0 Å². The highest BCUT2D eigenvalue weighted by Crippen LogP contribution is 2.66. The summed E-state index contributed by atoms with van der Waals surface area (Å²) in [6.45, 7) is 12.3. The van der Waals surface area contributed by atoms with Crippen LogP contribution >= 0.6 is 0 Å². The van der Waals surface area contributed by atoms with Crippen molar-refractivity contribution in [2.24, 2.45) is 46.3 Å². The van der Waals surface area contributed by atoms with Crippen molar-refractivity contribution >= 4 is 0 Å². The van der Waals surface area contributed by atoms with Gasteiger partial charge in [0.2, 0.25) is 0 Å². The van der Waals surface area contributed by atoms with E-state index in [0.29, 0.717) is 22.7 Å². The largest absolute Gasteiger partial charge is 0.393 e. The van der Waals surface area contributed by atoms with Crippen LogP contribution in [-0.2, 0) is 0 Å². The second kappa shape index (κ2) is 7.60. The van der Waals surface area contributed by atoms with Crippen molar-refractivity contribution in [3.63, 3.8) is 0 Å². The Balaban J connectivity index is 1.54. The molecule has 3 saturated carbocycles. The molecule has 1 nitrogen and oxygen atoms in total. The van der Waals surface area contributed by atoms with Gasteiger partial charge in [-0.2, -0.15) is 0 Å². The summed E-state index contributed by atoms with van der Waals surface area (Å²) in [6.07, 6.45) is 19.0. The summed E-state index contributed by atoms with van der Waals surface area (Å²) in [6, 6.07) is 0. The van der Waals surface area contributed by atoms with Crippen LogP contribution in [0.1, 0.15) is 92.4 Å². The highest BCUT2D eigenvalue weighted by atomic mass is 16.3. The Bertz CT molecular complexity index is 630. The molecule has 0 heterocycles. The molecule has 0 unspecified atom stereocenters. The first-order valence-electron chi connectivity index (χ1n) is 12.3. The van der Waals surface area contributed by atoms with E-state index in [9.17, 15) is 5.11 Å². The van der Waals surface area contributed by atoms with Gasteiger partial charge in [0.25, 0.3) is 0 Å². The van der Waals surface area contributed by atoms with Gasteiger partial charge in [-0.15, -0.1) is 0 Å². The van der Waals surface area contributed by atoms with Gasteiger partial charge in [0.05, 0.1) is 6.10 Å². The molecule has 0 amide bonds. The van der Waals surface area contributed by atoms with Gasteiger partial charge in [0, 0.05) is 0 Å². The summed E-state index contributed by atoms with van der Waals surface area (Å²) in [4.78, 5) is 0. The fourth-order valence-corrected chi connectivity index (χ4v) is 8.09. The standard InChI is InChI=1S/C27H44O/c1-18(2)7-6-8-19(3)23-11-12-24-22-10-9-20-17-21(28)13-15-26(20,4)25(22)14-16-27(23,24)5/h6,8,10,18-21,23-25,28H,7,9,11-17H2,1-5H3/t19-,20+,21+,23-,24+,25+,26+,27-/m1/s1. The lowest BCUT2D eigenvalue weighted by Gasteiger charge is -2.57. The number of allylic oxidation sites excluding steroid dienone is 4. The molecule has 4 aliphatic carbocycles. The predicted molar refractivity (Wildman–Crippen MR) is 119 cm³/mol. The van der Waals surface area contributed by atoms with Gasteiger partial charge in [-0.05, 0) is 104 Å². The number of hydrogen-bond donors (Lipinski definition) is 1. The molecule has 1 heteroatoms. The molecule has 0 saturated heterocycles. The molecule has 158 valence electrons. The van der Waals surface area contributed by atoms with E-state index in [0.717, 1.165) is 36.5 Å². The van der Waals surface area contributed by atoms with Gasteiger partial charge in [-0.1, -0.05) is 58.4 Å². The van der Waals surface area contributed by atoms with Crippen molar-refractivity contribution in [3.05, 3.63) is 23.8 Å². The van der Waals surface area contributed by atoms with Crippen LogP contribution in [0.2, 0.25) is 0 Å². The Labute approximate surface area is 174 Å². The van der Waals surface area contributed by atoms with E-state index in [2.05, 4.69) is 52.8 Å². The van der Waals surface area contributed by atoms with Crippen LogP contribution < -0.4 is 0 Å². The van der Waals surface area contributed by atoms with Crippen LogP contribution in [0.5, 0.6) is 0 Å². The number of aliphatic hydroxyl groups excluding tert-OH is 1. The van der Waals surface area contributed by atoms with Gasteiger partial charge in [-0.25, -0.2) is 0 Å². The summed E-state index contributed by atoms with van der Waals surface area (Å²) < 4.78 is 0. The quantitative estimate of drug-likeness (QED) is 0.510. The summed E-state index contributed by atoms with van der Waals surface area (Å²) in [5.74, 6) is 4.65. The first-order valence-corrected chi connectivity index (χ1v) is 12.3. The minimum absolute atomic E-state index is 0.0452. The molecular weight excluding hydrogens is 340 g/mol. The van der Waals surface area contributed by atoms with E-state index in [1.54, 1.807) is 0 Å². The summed E-state index contributed by atoms with van der Waals surface area (Å²) in [5, 5.41) is 10.2. The van der Waals surface area contributed by atoms with E-state index in [-0.39, 0.29) is 6.10 Å². The fraction of sp³-hybridized carbons (Fsp3) is 0.852. The molecule has 1 N–H and O–H groups in total. The average Bonchev–Trinajstić information content (AvgIpc) is 2.99. The normalized spacial score (nSPS) is 46.8. The SMILES string of the molecule is CC(C)CC=C[C@@H](C)[C@H]1CC[C@H]2C3=CC[C@H]4C[C@@H](O)CC[C@]4(C)[C@H]3CC[C@]12C. The third kappa shape index (κ3) is 3.34. The van der Waals surface area contributed by atoms with Crippen molar-refractivity contribution < 1.29 is 5.11 Å². The monoisotopic (exact) mass is 384 g/mol. The molecule has 4 rings (SSSR count). The Kier molecular flexibility index (Phi) is 5.62. The fourth-order valence-electron chi connectivity index (χ4n) is 8.09. The number of rotatable bonds is 4. The highest BCUT2D eigenvalue weighted by molar-refractivity contribution is 5.28. The zero-order chi connectivity index (χ0) is 20.1. The molecule has 0 aromatic carbocycles. The minimum atomic E-state index is -0.0452. The number of hydrogen-bond acceptors (Lipinski definition) is 1. The molecule has 28 heavy (non-hydrogen) atoms. The van der Waals surface area contributed by atoms with Crippen LogP contribution in [0.4, 0.5) is 0 Å². The Morgan fingerprint density at radius 2 is 1.75 bits per heavy atom. The highest BCUT2D eigenvalue weighted by Gasteiger charge is 2.57. The summed E-state index contributed by atoms with van der Waals surface area (Å²) in [5.41, 5.74) is 2.80. The van der Waals surface area contributed by atoms with Crippen molar-refractivity contribution in [2.45, 2.75) is 98.5 Å². The van der Waals surface area contributed by atoms with Gasteiger partial charge < -0.3 is 5.11 Å². The number of aliphatic hydroxyl groups is 1. The van der Waals surface area contributed by atoms with Crippen LogP contribution in [0.25, 0.3) is 0 Å². The second-order valence-corrected chi connectivity index (χ2v) is 11.8. The summed E-state index contributed by atoms with van der Waals surface area (Å²) >= 11 is 0. The first kappa shape index (κ1) is 20.7. The lowest BCUT2D eigenvalue weighted by atomic mass is 9.47. The molecular formula is C27H44O. The van der Waals surface area contributed by atoms with Gasteiger partial charge in [0.15, 0.2) is 0 Å². The maximum atomic E-state index is 10.2. The molecule has 0 radical (unpaired) electrons. The van der Waals surface area contributed by atoms with Crippen LogP contribution in [0.15, 0.2) is 23.8 Å². The Morgan fingerprint density at radius 1 is 1.04 bits per heavy atom. The van der Waals surface area contributed by atoms with Gasteiger partial charge in [0.1, 0.15) is 0 Å². The molecule has 0 bridgehead atoms. The third-order valence-electron chi connectivity index (χ3n) is 9.81. The Hall–Kier alpha value is -0.560. The molecule has 4 aliphatic rings. The second-order valence-electron chi connectivity index (χ2n) is 11.8. The zero-order valence-electron chi connectivity index (χ0n) is 19.1. The Morgan fingerprint density at radius 3 is 2.50 bits per heavy atom. The lowest BCUT2D eigenvalue weighted by Crippen LogP contribution is -2.49. The topological polar surface area (TPSA) is 20.2 Å². The van der Waals surface area contributed by atoms with Crippen molar-refractivity contribution in [3.8, 4) is 0 Å². The van der Waals surface area contributed by atoms with E-state index in [1.807, 2.05) is 5.57 Å². The van der Waals surface area contributed by atoms with E-state index >= 15 is 0 Å². The maximum Gasteiger partial charge on any atom is 0.0543 e. The molecule has 0 spiro atoms. The van der Waals surface area contributed by atoms with E-state index in [4.69, 9.17) is 0 Å². The van der Waals surface area contributed by atoms with E-state index < -0.39 is 0 Å². The predicted octanol–water partition coefficient (Wildman–Crippen LogP) is 7.16. The average molecular weight is 385 g/mol. The molecule has 0 aromatic rings. The smallest absolute Gasteiger partial charge is 0.0543 e. The van der Waals surface area contributed by atoms with Gasteiger partial charge >= 0.3 is 0 Å². The van der Waals surface area contributed by atoms with Crippen molar-refractivity contribution in [1.82, 2.24) is 0 Å². The first-order chi connectivity index (χ1) is 13.3. The van der Waals surface area contributed by atoms with Gasteiger partial charge in [-0.3, -0.25) is 0 Å². The molecule has 3 fully saturated rings. The third-order valence-corrected chi connectivity index (χ3v) is 9.81. The van der Waals surface area contributed by atoms with Crippen molar-refractivity contribution in [2.75, 3.05) is 0 Å². The minimum Gasteiger partial charge on any atom is -0.393 e. The molecule has 0 aromatic heterocycles.